The predicted octanol–water partition coefficient (Wildman–Crippen LogP) is 1.72. The molecule has 0 atom stereocenters. The van der Waals surface area contributed by atoms with Gasteiger partial charge in [-0.2, -0.15) is 10.4 Å². The number of aromatic nitrogens is 2. The lowest BCUT2D eigenvalue weighted by Crippen LogP contribution is -2.15. The Labute approximate surface area is 105 Å². The Bertz CT molecular complexity index is 583. The molecule has 1 N–H and O–H groups in total. The Hall–Kier alpha value is -2.19. The Balaban J connectivity index is 1.95. The van der Waals surface area contributed by atoms with E-state index in [1.807, 2.05) is 19.2 Å². The molecule has 2 rings (SSSR count). The monoisotopic (exact) mass is 244 g/mol. The predicted molar refractivity (Wildman–Crippen MR) is 64.9 cm³/mol. The van der Waals surface area contributed by atoms with Gasteiger partial charge in [0.25, 0.3) is 0 Å². The lowest BCUT2D eigenvalue weighted by molar-refractivity contribution is 0.614. The lowest BCUT2D eigenvalue weighted by Gasteiger charge is -2.06. The maximum absolute atomic E-state index is 13.1. The highest BCUT2D eigenvalue weighted by Crippen LogP contribution is 2.09. The van der Waals surface area contributed by atoms with E-state index >= 15 is 0 Å². The molecule has 2 aromatic rings. The summed E-state index contributed by atoms with van der Waals surface area (Å²) < 4.78 is 14.9. The third-order valence-electron chi connectivity index (χ3n) is 2.71. The normalized spacial score (nSPS) is 10.3. The lowest BCUT2D eigenvalue weighted by atomic mass is 10.1. The summed E-state index contributed by atoms with van der Waals surface area (Å²) >= 11 is 0. The fourth-order valence-corrected chi connectivity index (χ4v) is 1.68. The van der Waals surface area contributed by atoms with Crippen LogP contribution in [0.25, 0.3) is 0 Å². The van der Waals surface area contributed by atoms with Crippen molar-refractivity contribution in [3.05, 3.63) is 53.1 Å². The number of hydrogen-bond donors (Lipinski definition) is 1. The number of rotatable bonds is 4. The molecule has 5 heteroatoms. The Kier molecular flexibility index (Phi) is 3.70. The van der Waals surface area contributed by atoms with Gasteiger partial charge in [-0.05, 0) is 23.8 Å². The standard InChI is InChI=1S/C13H13FN4/c1-18-12(4-5-17-18)9-16-8-10-2-3-13(14)11(6-10)7-15/h2-6,16H,8-9H2,1H3. The molecule has 1 heterocycles. The zero-order valence-electron chi connectivity index (χ0n) is 10.0. The van der Waals surface area contributed by atoms with Crippen molar-refractivity contribution in [3.63, 3.8) is 0 Å². The molecule has 0 aliphatic carbocycles. The first kappa shape index (κ1) is 12.3. The van der Waals surface area contributed by atoms with Gasteiger partial charge in [0.2, 0.25) is 0 Å². The van der Waals surface area contributed by atoms with E-state index in [0.717, 1.165) is 11.3 Å². The van der Waals surface area contributed by atoms with Gasteiger partial charge in [0, 0.05) is 26.3 Å². The van der Waals surface area contributed by atoms with E-state index in [1.165, 1.54) is 6.07 Å². The zero-order valence-corrected chi connectivity index (χ0v) is 10.0. The van der Waals surface area contributed by atoms with Crippen molar-refractivity contribution in [2.45, 2.75) is 13.1 Å². The molecular formula is C13H13FN4. The summed E-state index contributed by atoms with van der Waals surface area (Å²) in [5.74, 6) is -0.479. The van der Waals surface area contributed by atoms with Crippen LogP contribution in [0.4, 0.5) is 4.39 Å². The van der Waals surface area contributed by atoms with E-state index in [9.17, 15) is 4.39 Å². The molecule has 0 saturated heterocycles. The number of aryl methyl sites for hydroxylation is 1. The minimum atomic E-state index is -0.479. The maximum Gasteiger partial charge on any atom is 0.140 e. The third-order valence-corrected chi connectivity index (χ3v) is 2.71. The third kappa shape index (κ3) is 2.73. The SMILES string of the molecule is Cn1nccc1CNCc1ccc(F)c(C#N)c1. The van der Waals surface area contributed by atoms with Gasteiger partial charge in [-0.3, -0.25) is 4.68 Å². The van der Waals surface area contributed by atoms with Gasteiger partial charge in [-0.25, -0.2) is 4.39 Å². The highest BCUT2D eigenvalue weighted by Gasteiger charge is 2.03. The van der Waals surface area contributed by atoms with Crippen LogP contribution in [0.15, 0.2) is 30.5 Å². The van der Waals surface area contributed by atoms with Crippen molar-refractivity contribution in [2.24, 2.45) is 7.05 Å². The molecule has 0 spiro atoms. The van der Waals surface area contributed by atoms with Crippen molar-refractivity contribution in [1.29, 1.82) is 5.26 Å². The average Bonchev–Trinajstić information content (AvgIpc) is 2.77. The molecule has 0 fully saturated rings. The van der Waals surface area contributed by atoms with Crippen LogP contribution in [-0.2, 0) is 20.1 Å². The summed E-state index contributed by atoms with van der Waals surface area (Å²) in [6, 6.07) is 8.31. The van der Waals surface area contributed by atoms with E-state index in [1.54, 1.807) is 23.0 Å². The van der Waals surface area contributed by atoms with Crippen LogP contribution in [-0.4, -0.2) is 9.78 Å². The second kappa shape index (κ2) is 5.43. The average molecular weight is 244 g/mol. The number of hydrogen-bond acceptors (Lipinski definition) is 3. The van der Waals surface area contributed by atoms with Gasteiger partial charge in [-0.15, -0.1) is 0 Å². The molecule has 0 amide bonds. The summed E-state index contributed by atoms with van der Waals surface area (Å²) in [4.78, 5) is 0. The second-order valence-electron chi connectivity index (χ2n) is 3.98. The molecule has 0 saturated carbocycles. The molecule has 1 aromatic heterocycles. The molecule has 0 radical (unpaired) electrons. The second-order valence-corrected chi connectivity index (χ2v) is 3.98. The molecular weight excluding hydrogens is 231 g/mol. The Morgan fingerprint density at radius 1 is 1.39 bits per heavy atom. The molecule has 92 valence electrons. The van der Waals surface area contributed by atoms with E-state index in [2.05, 4.69) is 10.4 Å². The number of nitriles is 1. The minimum Gasteiger partial charge on any atom is -0.307 e. The van der Waals surface area contributed by atoms with E-state index in [4.69, 9.17) is 5.26 Å². The van der Waals surface area contributed by atoms with Crippen LogP contribution in [0.5, 0.6) is 0 Å². The number of nitrogens with zero attached hydrogens (tertiary/aromatic N) is 3. The van der Waals surface area contributed by atoms with Crippen LogP contribution in [0.3, 0.4) is 0 Å². The highest BCUT2D eigenvalue weighted by molar-refractivity contribution is 5.34. The van der Waals surface area contributed by atoms with Crippen LogP contribution in [0.1, 0.15) is 16.8 Å². The fraction of sp³-hybridized carbons (Fsp3) is 0.231. The highest BCUT2D eigenvalue weighted by atomic mass is 19.1. The van der Waals surface area contributed by atoms with Crippen molar-refractivity contribution < 1.29 is 4.39 Å². The number of halogens is 1. The first-order chi connectivity index (χ1) is 8.70. The van der Waals surface area contributed by atoms with Crippen molar-refractivity contribution >= 4 is 0 Å². The van der Waals surface area contributed by atoms with E-state index < -0.39 is 5.82 Å². The molecule has 4 nitrogen and oxygen atoms in total. The quantitative estimate of drug-likeness (QED) is 0.891. The smallest absolute Gasteiger partial charge is 0.140 e. The van der Waals surface area contributed by atoms with Gasteiger partial charge in [0.15, 0.2) is 0 Å². The minimum absolute atomic E-state index is 0.0785. The number of benzene rings is 1. The topological polar surface area (TPSA) is 53.6 Å². The van der Waals surface area contributed by atoms with Crippen molar-refractivity contribution in [2.75, 3.05) is 0 Å². The fourth-order valence-electron chi connectivity index (χ4n) is 1.68. The Morgan fingerprint density at radius 3 is 2.89 bits per heavy atom. The summed E-state index contributed by atoms with van der Waals surface area (Å²) in [5.41, 5.74) is 2.03. The van der Waals surface area contributed by atoms with Gasteiger partial charge in [-0.1, -0.05) is 6.07 Å². The van der Waals surface area contributed by atoms with Gasteiger partial charge in [0.05, 0.1) is 11.3 Å². The van der Waals surface area contributed by atoms with Crippen LogP contribution >= 0.6 is 0 Å². The van der Waals surface area contributed by atoms with Crippen LogP contribution in [0, 0.1) is 17.1 Å². The van der Waals surface area contributed by atoms with Gasteiger partial charge >= 0.3 is 0 Å². The molecule has 0 aliphatic rings. The molecule has 18 heavy (non-hydrogen) atoms. The Morgan fingerprint density at radius 2 is 2.22 bits per heavy atom. The molecule has 0 aliphatic heterocycles. The number of nitrogens with one attached hydrogen (secondary N) is 1. The van der Waals surface area contributed by atoms with E-state index in [0.29, 0.717) is 13.1 Å². The summed E-state index contributed by atoms with van der Waals surface area (Å²) in [6.07, 6.45) is 1.74. The van der Waals surface area contributed by atoms with Crippen LogP contribution in [0.2, 0.25) is 0 Å². The summed E-state index contributed by atoms with van der Waals surface area (Å²) in [5, 5.41) is 16.0. The molecule has 0 bridgehead atoms. The van der Waals surface area contributed by atoms with Gasteiger partial charge in [0.1, 0.15) is 11.9 Å². The molecule has 1 aromatic carbocycles. The maximum atomic E-state index is 13.1. The first-order valence-corrected chi connectivity index (χ1v) is 5.57. The largest absolute Gasteiger partial charge is 0.307 e. The first-order valence-electron chi connectivity index (χ1n) is 5.57. The van der Waals surface area contributed by atoms with E-state index in [-0.39, 0.29) is 5.56 Å². The summed E-state index contributed by atoms with van der Waals surface area (Å²) in [6.45, 7) is 1.26. The summed E-state index contributed by atoms with van der Waals surface area (Å²) in [7, 11) is 1.88. The van der Waals surface area contributed by atoms with Gasteiger partial charge < -0.3 is 5.32 Å². The van der Waals surface area contributed by atoms with Crippen LogP contribution < -0.4 is 5.32 Å². The molecule has 0 unspecified atom stereocenters. The van der Waals surface area contributed by atoms with Crippen molar-refractivity contribution in [1.82, 2.24) is 15.1 Å². The zero-order chi connectivity index (χ0) is 13.0. The van der Waals surface area contributed by atoms with Crippen molar-refractivity contribution in [3.8, 4) is 6.07 Å².